The van der Waals surface area contributed by atoms with Gasteiger partial charge in [0.25, 0.3) is 0 Å². The Kier molecular flexibility index (Phi) is 12.7. The van der Waals surface area contributed by atoms with Crippen molar-refractivity contribution in [1.29, 1.82) is 0 Å². The molecule has 0 amide bonds. The maximum atomic E-state index is 5.40. The highest BCUT2D eigenvalue weighted by atomic mass is 32.1. The van der Waals surface area contributed by atoms with Crippen molar-refractivity contribution in [1.82, 2.24) is 5.32 Å². The van der Waals surface area contributed by atoms with Crippen LogP contribution in [0.15, 0.2) is 12.3 Å². The van der Waals surface area contributed by atoms with E-state index < -0.39 is 0 Å². The van der Waals surface area contributed by atoms with E-state index in [0.29, 0.717) is 19.8 Å². The van der Waals surface area contributed by atoms with Gasteiger partial charge in [-0.25, -0.2) is 0 Å². The van der Waals surface area contributed by atoms with Crippen LogP contribution in [-0.2, 0) is 9.47 Å². The quantitative estimate of drug-likeness (QED) is 0.409. The molecule has 0 aromatic carbocycles. The fourth-order valence-corrected chi connectivity index (χ4v) is 1.34. The van der Waals surface area contributed by atoms with Crippen LogP contribution in [0.4, 0.5) is 0 Å². The molecule has 0 heterocycles. The lowest BCUT2D eigenvalue weighted by Crippen LogP contribution is -2.19. The molecule has 0 spiro atoms. The lowest BCUT2D eigenvalue weighted by molar-refractivity contribution is 0.0553. The van der Waals surface area contributed by atoms with Gasteiger partial charge in [-0.1, -0.05) is 13.5 Å². The van der Waals surface area contributed by atoms with Gasteiger partial charge in [-0.05, 0) is 25.0 Å². The Morgan fingerprint density at radius 2 is 1.94 bits per heavy atom. The summed E-state index contributed by atoms with van der Waals surface area (Å²) >= 11 is 4.15. The van der Waals surface area contributed by atoms with Gasteiger partial charge < -0.3 is 14.8 Å². The highest BCUT2D eigenvalue weighted by molar-refractivity contribution is 7.80. The third-order valence-electron chi connectivity index (χ3n) is 1.96. The monoisotopic (exact) mass is 247 g/mol. The second-order valence-electron chi connectivity index (χ2n) is 3.63. The summed E-state index contributed by atoms with van der Waals surface area (Å²) in [5.74, 6) is 0.944. The summed E-state index contributed by atoms with van der Waals surface area (Å²) < 4.78 is 10.7. The number of rotatable bonds is 12. The van der Waals surface area contributed by atoms with Crippen molar-refractivity contribution in [2.24, 2.45) is 0 Å². The van der Waals surface area contributed by atoms with Crippen LogP contribution in [0.2, 0.25) is 0 Å². The van der Waals surface area contributed by atoms with Gasteiger partial charge in [0.2, 0.25) is 0 Å². The first-order chi connectivity index (χ1) is 7.81. The molecule has 4 heteroatoms. The summed E-state index contributed by atoms with van der Waals surface area (Å²) in [4.78, 5) is 0. The van der Waals surface area contributed by atoms with Gasteiger partial charge >= 0.3 is 0 Å². The van der Waals surface area contributed by atoms with Gasteiger partial charge in [0.1, 0.15) is 0 Å². The van der Waals surface area contributed by atoms with Crippen molar-refractivity contribution in [2.75, 3.05) is 38.7 Å². The van der Waals surface area contributed by atoms with Crippen LogP contribution in [0, 0.1) is 0 Å². The number of hydrogen-bond donors (Lipinski definition) is 2. The minimum absolute atomic E-state index is 0.566. The minimum atomic E-state index is 0.566. The molecule has 0 bridgehead atoms. The van der Waals surface area contributed by atoms with E-state index in [1.54, 1.807) is 0 Å². The predicted octanol–water partition coefficient (Wildman–Crippen LogP) is 2.24. The highest BCUT2D eigenvalue weighted by Gasteiger charge is 1.94. The Morgan fingerprint density at radius 3 is 2.62 bits per heavy atom. The zero-order chi connectivity index (χ0) is 12.1. The van der Waals surface area contributed by atoms with E-state index in [0.717, 1.165) is 43.9 Å². The number of thiol groups is 1. The van der Waals surface area contributed by atoms with Crippen LogP contribution in [-0.4, -0.2) is 38.7 Å². The maximum Gasteiger partial charge on any atom is 0.0857 e. The van der Waals surface area contributed by atoms with Crippen molar-refractivity contribution < 1.29 is 9.47 Å². The molecule has 0 aliphatic carbocycles. The lowest BCUT2D eigenvalue weighted by Gasteiger charge is -2.10. The third-order valence-corrected chi connectivity index (χ3v) is 2.27. The van der Waals surface area contributed by atoms with Crippen molar-refractivity contribution in [2.45, 2.75) is 26.2 Å². The van der Waals surface area contributed by atoms with Crippen molar-refractivity contribution in [3.05, 3.63) is 12.3 Å². The molecule has 0 aliphatic heterocycles. The first-order valence-electron chi connectivity index (χ1n) is 5.99. The van der Waals surface area contributed by atoms with Gasteiger partial charge in [0.15, 0.2) is 0 Å². The summed E-state index contributed by atoms with van der Waals surface area (Å²) in [6.45, 7) is 9.62. The van der Waals surface area contributed by atoms with E-state index >= 15 is 0 Å². The smallest absolute Gasteiger partial charge is 0.0857 e. The average Bonchev–Trinajstić information content (AvgIpc) is 2.29. The van der Waals surface area contributed by atoms with Gasteiger partial charge in [-0.2, -0.15) is 12.6 Å². The molecule has 16 heavy (non-hydrogen) atoms. The lowest BCUT2D eigenvalue weighted by atomic mass is 10.3. The number of hydrogen-bond acceptors (Lipinski definition) is 4. The Hall–Kier alpha value is -0.190. The van der Waals surface area contributed by atoms with E-state index in [2.05, 4.69) is 31.4 Å². The first kappa shape index (κ1) is 15.8. The normalized spacial score (nSPS) is 10.4. The highest BCUT2D eigenvalue weighted by Crippen LogP contribution is 1.92. The molecule has 0 fully saturated rings. The molecule has 0 radical (unpaired) electrons. The van der Waals surface area contributed by atoms with Crippen LogP contribution >= 0.6 is 12.6 Å². The van der Waals surface area contributed by atoms with Gasteiger partial charge in [-0.3, -0.25) is 0 Å². The fraction of sp³-hybridized carbons (Fsp3) is 0.833. The Morgan fingerprint density at radius 1 is 1.19 bits per heavy atom. The van der Waals surface area contributed by atoms with Crippen LogP contribution in [0.1, 0.15) is 26.2 Å². The Balaban J connectivity index is 3.11. The standard InChI is InChI=1S/C12H25NO2S/c1-3-7-14-8-9-15-11-12(2)13-6-4-5-10-16/h13,16H,2-11H2,1H3. The molecule has 0 aliphatic rings. The Labute approximate surface area is 105 Å². The van der Waals surface area contributed by atoms with E-state index in [-0.39, 0.29) is 0 Å². The van der Waals surface area contributed by atoms with E-state index in [1.807, 2.05) is 0 Å². The summed E-state index contributed by atoms with van der Waals surface area (Å²) in [6.07, 6.45) is 3.32. The maximum absolute atomic E-state index is 5.40. The SMILES string of the molecule is C=C(COCCOCCC)NCCCCS. The van der Waals surface area contributed by atoms with Crippen molar-refractivity contribution in [3.63, 3.8) is 0 Å². The van der Waals surface area contributed by atoms with E-state index in [4.69, 9.17) is 9.47 Å². The molecule has 0 aromatic rings. The number of ether oxygens (including phenoxy) is 2. The molecular weight excluding hydrogens is 222 g/mol. The van der Waals surface area contributed by atoms with Crippen molar-refractivity contribution >= 4 is 12.6 Å². The zero-order valence-corrected chi connectivity index (χ0v) is 11.2. The van der Waals surface area contributed by atoms with E-state index in [9.17, 15) is 0 Å². The zero-order valence-electron chi connectivity index (χ0n) is 10.3. The average molecular weight is 247 g/mol. The molecule has 0 unspecified atom stereocenters. The van der Waals surface area contributed by atoms with Gasteiger partial charge in [-0.15, -0.1) is 0 Å². The molecular formula is C12H25NO2S. The number of unbranched alkanes of at least 4 members (excludes halogenated alkanes) is 1. The molecule has 0 saturated carbocycles. The van der Waals surface area contributed by atoms with Gasteiger partial charge in [0, 0.05) is 18.8 Å². The first-order valence-corrected chi connectivity index (χ1v) is 6.62. The molecule has 96 valence electrons. The molecule has 1 N–H and O–H groups in total. The summed E-state index contributed by atoms with van der Waals surface area (Å²) in [5.41, 5.74) is 0.939. The predicted molar refractivity (Wildman–Crippen MR) is 72.2 cm³/mol. The largest absolute Gasteiger partial charge is 0.387 e. The van der Waals surface area contributed by atoms with Crippen LogP contribution in [0.3, 0.4) is 0 Å². The molecule has 0 saturated heterocycles. The summed E-state index contributed by atoms with van der Waals surface area (Å²) in [7, 11) is 0. The van der Waals surface area contributed by atoms with Crippen molar-refractivity contribution in [3.8, 4) is 0 Å². The van der Waals surface area contributed by atoms with E-state index in [1.165, 1.54) is 0 Å². The third kappa shape index (κ3) is 11.9. The molecule has 0 aromatic heterocycles. The van der Waals surface area contributed by atoms with Gasteiger partial charge in [0.05, 0.1) is 19.8 Å². The second kappa shape index (κ2) is 12.9. The topological polar surface area (TPSA) is 30.5 Å². The van der Waals surface area contributed by atoms with Crippen LogP contribution in [0.25, 0.3) is 0 Å². The molecule has 3 nitrogen and oxygen atoms in total. The summed E-state index contributed by atoms with van der Waals surface area (Å²) in [5, 5.41) is 3.23. The van der Waals surface area contributed by atoms with Crippen LogP contribution in [0.5, 0.6) is 0 Å². The molecule has 0 rings (SSSR count). The molecule has 0 atom stereocenters. The van der Waals surface area contributed by atoms with Crippen LogP contribution < -0.4 is 5.32 Å². The minimum Gasteiger partial charge on any atom is -0.387 e. The Bertz CT molecular complexity index is 165. The second-order valence-corrected chi connectivity index (χ2v) is 4.07. The summed E-state index contributed by atoms with van der Waals surface area (Å²) in [6, 6.07) is 0. The number of nitrogens with one attached hydrogen (secondary N) is 1. The fourth-order valence-electron chi connectivity index (χ4n) is 1.11.